The van der Waals surface area contributed by atoms with E-state index in [0.29, 0.717) is 21.3 Å². The van der Waals surface area contributed by atoms with Gasteiger partial charge >= 0.3 is 0 Å². The van der Waals surface area contributed by atoms with Crippen LogP contribution in [0.1, 0.15) is 5.56 Å². The molecule has 4 nitrogen and oxygen atoms in total. The molecule has 0 fully saturated rings. The van der Waals surface area contributed by atoms with Gasteiger partial charge in [-0.05, 0) is 24.3 Å². The van der Waals surface area contributed by atoms with Crippen LogP contribution >= 0.6 is 15.9 Å². The van der Waals surface area contributed by atoms with Crippen molar-refractivity contribution in [1.29, 1.82) is 0 Å². The van der Waals surface area contributed by atoms with Crippen molar-refractivity contribution in [2.75, 3.05) is 0 Å². The zero-order valence-corrected chi connectivity index (χ0v) is 10.7. The molecule has 0 radical (unpaired) electrons. The second-order valence-electron chi connectivity index (χ2n) is 3.49. The minimum absolute atomic E-state index is 0.00829. The van der Waals surface area contributed by atoms with Crippen LogP contribution in [-0.4, -0.2) is 9.91 Å². The molecule has 1 heterocycles. The van der Waals surface area contributed by atoms with E-state index in [2.05, 4.69) is 26.8 Å². The molecule has 0 unspecified atom stereocenters. The Morgan fingerprint density at radius 1 is 1.33 bits per heavy atom. The van der Waals surface area contributed by atoms with Crippen LogP contribution in [0.2, 0.25) is 0 Å². The van der Waals surface area contributed by atoms with E-state index in [1.165, 1.54) is 12.3 Å². The Labute approximate surface area is 112 Å². The minimum Gasteiger partial charge on any atom is -0.258 e. The lowest BCUT2D eigenvalue weighted by molar-refractivity contribution is -0.384. The molecule has 0 aliphatic rings. The summed E-state index contributed by atoms with van der Waals surface area (Å²) in [4.78, 5) is 14.7. The van der Waals surface area contributed by atoms with Crippen molar-refractivity contribution in [3.05, 3.63) is 56.7 Å². The van der Waals surface area contributed by atoms with Crippen molar-refractivity contribution in [2.24, 2.45) is 0 Å². The Kier molecular flexibility index (Phi) is 3.40. The third kappa shape index (κ3) is 2.39. The minimum atomic E-state index is -0.440. The van der Waals surface area contributed by atoms with Gasteiger partial charge in [0.05, 0.1) is 16.2 Å². The summed E-state index contributed by atoms with van der Waals surface area (Å²) in [6.07, 6.45) is 6.84. The summed E-state index contributed by atoms with van der Waals surface area (Å²) < 4.78 is 0.644. The molecule has 0 amide bonds. The van der Waals surface area contributed by atoms with E-state index in [4.69, 9.17) is 6.42 Å². The number of pyridine rings is 1. The summed E-state index contributed by atoms with van der Waals surface area (Å²) in [5, 5.41) is 11.0. The van der Waals surface area contributed by atoms with Crippen molar-refractivity contribution >= 4 is 21.6 Å². The molecule has 0 spiro atoms. The van der Waals surface area contributed by atoms with Crippen molar-refractivity contribution < 1.29 is 4.92 Å². The normalized spacial score (nSPS) is 9.78. The van der Waals surface area contributed by atoms with Gasteiger partial charge in [0.2, 0.25) is 0 Å². The Morgan fingerprint density at radius 2 is 2.11 bits per heavy atom. The first-order valence-corrected chi connectivity index (χ1v) is 5.78. The van der Waals surface area contributed by atoms with E-state index >= 15 is 0 Å². The number of hydrogen-bond acceptors (Lipinski definition) is 3. The fourth-order valence-corrected chi connectivity index (χ4v) is 1.89. The summed E-state index contributed by atoms with van der Waals surface area (Å²) in [7, 11) is 0. The third-order valence-electron chi connectivity index (χ3n) is 2.36. The van der Waals surface area contributed by atoms with Crippen LogP contribution in [0, 0.1) is 22.5 Å². The maximum Gasteiger partial charge on any atom is 0.279 e. The highest BCUT2D eigenvalue weighted by molar-refractivity contribution is 9.10. The fraction of sp³-hybridized carbons (Fsp3) is 0. The third-order valence-corrected chi connectivity index (χ3v) is 2.85. The summed E-state index contributed by atoms with van der Waals surface area (Å²) in [5.74, 6) is 2.48. The van der Waals surface area contributed by atoms with Crippen LogP contribution in [0.4, 0.5) is 5.69 Å². The van der Waals surface area contributed by atoms with Crippen molar-refractivity contribution in [2.45, 2.75) is 0 Å². The van der Waals surface area contributed by atoms with Crippen LogP contribution in [0.15, 0.2) is 41.0 Å². The molecule has 5 heteroatoms. The molecular formula is C13H7BrN2O2. The van der Waals surface area contributed by atoms with Crippen LogP contribution < -0.4 is 0 Å². The van der Waals surface area contributed by atoms with Gasteiger partial charge in [0.15, 0.2) is 0 Å². The summed E-state index contributed by atoms with van der Waals surface area (Å²) in [5.41, 5.74) is 1.56. The highest BCUT2D eigenvalue weighted by Gasteiger charge is 2.16. The van der Waals surface area contributed by atoms with Crippen molar-refractivity contribution in [1.82, 2.24) is 4.98 Å². The molecule has 2 aromatic rings. The van der Waals surface area contributed by atoms with Crippen LogP contribution in [-0.2, 0) is 0 Å². The standard InChI is InChI=1S/C13H7BrN2O2/c1-2-9-5-6-15-12(7-9)11-4-3-10(14)8-13(11)16(17)18/h1,3-8H. The second-order valence-corrected chi connectivity index (χ2v) is 4.41. The van der Waals surface area contributed by atoms with Gasteiger partial charge in [0, 0.05) is 22.3 Å². The van der Waals surface area contributed by atoms with Gasteiger partial charge in [-0.2, -0.15) is 0 Å². The molecule has 0 N–H and O–H groups in total. The summed E-state index contributed by atoms with van der Waals surface area (Å²) in [6.45, 7) is 0. The average molecular weight is 303 g/mol. The molecule has 0 bridgehead atoms. The number of hydrogen-bond donors (Lipinski definition) is 0. The molecule has 0 aliphatic heterocycles. The Morgan fingerprint density at radius 3 is 2.78 bits per heavy atom. The maximum atomic E-state index is 11.0. The molecular weight excluding hydrogens is 296 g/mol. The van der Waals surface area contributed by atoms with Crippen molar-refractivity contribution in [3.63, 3.8) is 0 Å². The molecule has 0 saturated carbocycles. The number of nitro benzene ring substituents is 1. The summed E-state index contributed by atoms with van der Waals surface area (Å²) in [6, 6.07) is 8.14. The van der Waals surface area contributed by atoms with Gasteiger partial charge in [0.25, 0.3) is 5.69 Å². The predicted octanol–water partition coefficient (Wildman–Crippen LogP) is 3.40. The maximum absolute atomic E-state index is 11.0. The van der Waals surface area contributed by atoms with Crippen molar-refractivity contribution in [3.8, 4) is 23.6 Å². The van der Waals surface area contributed by atoms with Gasteiger partial charge < -0.3 is 0 Å². The van der Waals surface area contributed by atoms with E-state index in [9.17, 15) is 10.1 Å². The number of terminal acetylenes is 1. The predicted molar refractivity (Wildman–Crippen MR) is 72.0 cm³/mol. The molecule has 88 valence electrons. The Hall–Kier alpha value is -2.19. The molecule has 0 atom stereocenters. The highest BCUT2D eigenvalue weighted by atomic mass is 79.9. The number of nitro groups is 1. The number of aromatic nitrogens is 1. The average Bonchev–Trinajstić information content (AvgIpc) is 2.38. The quantitative estimate of drug-likeness (QED) is 0.485. The van der Waals surface area contributed by atoms with Gasteiger partial charge in [-0.1, -0.05) is 21.9 Å². The number of halogens is 1. The molecule has 18 heavy (non-hydrogen) atoms. The van der Waals surface area contributed by atoms with E-state index < -0.39 is 4.92 Å². The molecule has 0 aliphatic carbocycles. The number of rotatable bonds is 2. The first-order chi connectivity index (χ1) is 8.61. The highest BCUT2D eigenvalue weighted by Crippen LogP contribution is 2.31. The van der Waals surface area contributed by atoms with E-state index in [1.807, 2.05) is 0 Å². The van der Waals surface area contributed by atoms with E-state index in [1.54, 1.807) is 24.3 Å². The van der Waals surface area contributed by atoms with E-state index in [-0.39, 0.29) is 5.69 Å². The monoisotopic (exact) mass is 302 g/mol. The Bertz CT molecular complexity index is 662. The van der Waals surface area contributed by atoms with Crippen LogP contribution in [0.25, 0.3) is 11.3 Å². The van der Waals surface area contributed by atoms with E-state index in [0.717, 1.165) is 0 Å². The lowest BCUT2D eigenvalue weighted by atomic mass is 10.1. The lowest BCUT2D eigenvalue weighted by Crippen LogP contribution is -1.94. The van der Waals surface area contributed by atoms with Gasteiger partial charge in [-0.15, -0.1) is 6.42 Å². The topological polar surface area (TPSA) is 56.0 Å². The van der Waals surface area contributed by atoms with Crippen LogP contribution in [0.5, 0.6) is 0 Å². The van der Waals surface area contributed by atoms with Gasteiger partial charge in [-0.3, -0.25) is 15.1 Å². The van der Waals surface area contributed by atoms with Gasteiger partial charge in [-0.25, -0.2) is 0 Å². The number of nitrogens with zero attached hydrogens (tertiary/aromatic N) is 2. The van der Waals surface area contributed by atoms with Gasteiger partial charge in [0.1, 0.15) is 0 Å². The summed E-state index contributed by atoms with van der Waals surface area (Å²) >= 11 is 3.21. The smallest absolute Gasteiger partial charge is 0.258 e. The first kappa shape index (κ1) is 12.3. The fourth-order valence-electron chi connectivity index (χ4n) is 1.54. The molecule has 0 saturated heterocycles. The van der Waals surface area contributed by atoms with Crippen LogP contribution in [0.3, 0.4) is 0 Å². The molecule has 2 rings (SSSR count). The Balaban J connectivity index is 2.63. The zero-order valence-electron chi connectivity index (χ0n) is 9.13. The first-order valence-electron chi connectivity index (χ1n) is 4.99. The molecule has 1 aromatic carbocycles. The molecule has 1 aromatic heterocycles. The lowest BCUT2D eigenvalue weighted by Gasteiger charge is -2.03. The number of benzene rings is 1. The SMILES string of the molecule is C#Cc1ccnc(-c2ccc(Br)cc2[N+](=O)[O-])c1. The zero-order chi connectivity index (χ0) is 13.1. The second kappa shape index (κ2) is 4.98. The largest absolute Gasteiger partial charge is 0.279 e.